The number of aromatic carboxylic acids is 1. The summed E-state index contributed by atoms with van der Waals surface area (Å²) in [5.74, 6) is -0.273. The van der Waals surface area contributed by atoms with Crippen LogP contribution in [0.1, 0.15) is 48.7 Å². The number of carboxylic acids is 1. The van der Waals surface area contributed by atoms with Crippen molar-refractivity contribution >= 4 is 17.6 Å². The van der Waals surface area contributed by atoms with E-state index >= 15 is 0 Å². The zero-order valence-electron chi connectivity index (χ0n) is 9.40. The van der Waals surface area contributed by atoms with E-state index in [9.17, 15) is 4.79 Å². The molecule has 0 bridgehead atoms. The van der Waals surface area contributed by atoms with Crippen molar-refractivity contribution in [3.8, 4) is 0 Å². The van der Waals surface area contributed by atoms with E-state index in [2.05, 4.69) is 18.9 Å². The quantitative estimate of drug-likeness (QED) is 0.883. The van der Waals surface area contributed by atoms with Crippen LogP contribution in [0.25, 0.3) is 0 Å². The molecule has 0 aliphatic heterocycles. The average Bonchev–Trinajstić information content (AvgIpc) is 2.93. The highest BCUT2D eigenvalue weighted by molar-refractivity contribution is 6.32. The van der Waals surface area contributed by atoms with Crippen molar-refractivity contribution in [2.24, 2.45) is 5.92 Å². The molecule has 0 aromatic carbocycles. The maximum Gasteiger partial charge on any atom is 0.340 e. The van der Waals surface area contributed by atoms with Gasteiger partial charge in [-0.25, -0.2) is 4.79 Å². The number of rotatable bonds is 4. The average molecular weight is 243 g/mol. The van der Waals surface area contributed by atoms with Crippen molar-refractivity contribution in [2.45, 2.75) is 39.2 Å². The van der Waals surface area contributed by atoms with Crippen molar-refractivity contribution in [2.75, 3.05) is 0 Å². The van der Waals surface area contributed by atoms with Crippen LogP contribution in [-0.2, 0) is 6.54 Å². The molecule has 0 saturated heterocycles. The van der Waals surface area contributed by atoms with Gasteiger partial charge in [0.15, 0.2) is 0 Å². The molecule has 1 saturated carbocycles. The third kappa shape index (κ3) is 2.07. The lowest BCUT2D eigenvalue weighted by molar-refractivity contribution is 0.0695. The van der Waals surface area contributed by atoms with Crippen molar-refractivity contribution in [1.82, 2.24) is 9.78 Å². The van der Waals surface area contributed by atoms with Crippen molar-refractivity contribution in [3.05, 3.63) is 16.4 Å². The highest BCUT2D eigenvalue weighted by Gasteiger charge is 2.34. The second-order valence-electron chi connectivity index (χ2n) is 4.71. The molecule has 1 N–H and O–H groups in total. The standard InChI is InChI=1S/C11H15ClN2O2/c1-6(2)5-14-10(12)8(11(15)16)9(13-14)7-3-4-7/h6-7H,3-5H2,1-2H3,(H,15,16). The van der Waals surface area contributed by atoms with Crippen LogP contribution in [0.5, 0.6) is 0 Å². The number of hydrogen-bond acceptors (Lipinski definition) is 2. The van der Waals surface area contributed by atoms with Gasteiger partial charge in [0.2, 0.25) is 0 Å². The van der Waals surface area contributed by atoms with Gasteiger partial charge in [-0.05, 0) is 18.8 Å². The minimum atomic E-state index is -0.970. The fourth-order valence-electron chi connectivity index (χ4n) is 1.77. The Labute approximate surface area is 99.2 Å². The summed E-state index contributed by atoms with van der Waals surface area (Å²) in [5, 5.41) is 13.7. The van der Waals surface area contributed by atoms with E-state index in [4.69, 9.17) is 16.7 Å². The molecule has 4 nitrogen and oxygen atoms in total. The van der Waals surface area contributed by atoms with Crippen molar-refractivity contribution in [3.63, 3.8) is 0 Å². The molecular weight excluding hydrogens is 228 g/mol. The van der Waals surface area contributed by atoms with Crippen LogP contribution in [0.15, 0.2) is 0 Å². The molecule has 0 unspecified atom stereocenters. The van der Waals surface area contributed by atoms with E-state index in [0.29, 0.717) is 24.1 Å². The molecule has 1 aromatic rings. The minimum Gasteiger partial charge on any atom is -0.478 e. The smallest absolute Gasteiger partial charge is 0.340 e. The second-order valence-corrected chi connectivity index (χ2v) is 5.06. The maximum absolute atomic E-state index is 11.1. The summed E-state index contributed by atoms with van der Waals surface area (Å²) in [6.07, 6.45) is 2.05. The Bertz CT molecular complexity index is 422. The molecule has 1 fully saturated rings. The van der Waals surface area contributed by atoms with Gasteiger partial charge in [-0.2, -0.15) is 5.10 Å². The fourth-order valence-corrected chi connectivity index (χ4v) is 2.05. The Morgan fingerprint density at radius 2 is 2.25 bits per heavy atom. The van der Waals surface area contributed by atoms with Gasteiger partial charge in [0.05, 0.1) is 5.69 Å². The van der Waals surface area contributed by atoms with Gasteiger partial charge in [0, 0.05) is 12.5 Å². The Hall–Kier alpha value is -1.03. The van der Waals surface area contributed by atoms with Gasteiger partial charge in [0.25, 0.3) is 0 Å². The summed E-state index contributed by atoms with van der Waals surface area (Å²) in [4.78, 5) is 11.1. The Kier molecular flexibility index (Phi) is 2.93. The molecular formula is C11H15ClN2O2. The highest BCUT2D eigenvalue weighted by Crippen LogP contribution is 2.42. The van der Waals surface area contributed by atoms with Gasteiger partial charge in [-0.3, -0.25) is 4.68 Å². The van der Waals surface area contributed by atoms with Gasteiger partial charge >= 0.3 is 5.97 Å². The van der Waals surface area contributed by atoms with E-state index in [0.717, 1.165) is 12.8 Å². The molecule has 1 heterocycles. The van der Waals surface area contributed by atoms with E-state index in [-0.39, 0.29) is 10.7 Å². The molecule has 0 spiro atoms. The van der Waals surface area contributed by atoms with E-state index < -0.39 is 5.97 Å². The first-order valence-corrected chi connectivity index (χ1v) is 5.88. The molecule has 5 heteroatoms. The fraction of sp³-hybridized carbons (Fsp3) is 0.636. The molecule has 16 heavy (non-hydrogen) atoms. The largest absolute Gasteiger partial charge is 0.478 e. The topological polar surface area (TPSA) is 55.1 Å². The lowest BCUT2D eigenvalue weighted by atomic mass is 10.2. The number of hydrogen-bond donors (Lipinski definition) is 1. The first-order valence-electron chi connectivity index (χ1n) is 5.50. The minimum absolute atomic E-state index is 0.199. The molecule has 2 rings (SSSR count). The molecule has 1 aliphatic rings. The molecule has 0 atom stereocenters. The summed E-state index contributed by atoms with van der Waals surface area (Å²) in [5.41, 5.74) is 0.864. The van der Waals surface area contributed by atoms with Crippen LogP contribution in [0.3, 0.4) is 0 Å². The van der Waals surface area contributed by atoms with Crippen LogP contribution in [0.2, 0.25) is 5.15 Å². The Morgan fingerprint density at radius 3 is 2.69 bits per heavy atom. The number of carbonyl (C=O) groups is 1. The van der Waals surface area contributed by atoms with E-state index in [1.807, 2.05) is 0 Å². The summed E-state index contributed by atoms with van der Waals surface area (Å²) >= 11 is 6.06. The first-order chi connectivity index (χ1) is 7.50. The summed E-state index contributed by atoms with van der Waals surface area (Å²) in [7, 11) is 0. The number of carboxylic acid groups (broad SMARTS) is 1. The zero-order chi connectivity index (χ0) is 11.9. The SMILES string of the molecule is CC(C)Cn1nc(C2CC2)c(C(=O)O)c1Cl. The number of halogens is 1. The van der Waals surface area contributed by atoms with Gasteiger partial charge in [-0.1, -0.05) is 25.4 Å². The van der Waals surface area contributed by atoms with Crippen LogP contribution in [-0.4, -0.2) is 20.9 Å². The highest BCUT2D eigenvalue weighted by atomic mass is 35.5. The first kappa shape index (κ1) is 11.5. The number of nitrogens with zero attached hydrogens (tertiary/aromatic N) is 2. The van der Waals surface area contributed by atoms with Gasteiger partial charge in [0.1, 0.15) is 10.7 Å². The van der Waals surface area contributed by atoms with E-state index in [1.165, 1.54) is 0 Å². The lowest BCUT2D eigenvalue weighted by Gasteiger charge is -2.05. The second kappa shape index (κ2) is 4.09. The predicted octanol–water partition coefficient (Wildman–Crippen LogP) is 2.77. The van der Waals surface area contributed by atoms with Crippen molar-refractivity contribution in [1.29, 1.82) is 0 Å². The Morgan fingerprint density at radius 1 is 1.62 bits per heavy atom. The summed E-state index contributed by atoms with van der Waals surface area (Å²) < 4.78 is 1.61. The zero-order valence-corrected chi connectivity index (χ0v) is 10.2. The van der Waals surface area contributed by atoms with Crippen LogP contribution < -0.4 is 0 Å². The van der Waals surface area contributed by atoms with Gasteiger partial charge < -0.3 is 5.11 Å². The van der Waals surface area contributed by atoms with E-state index in [1.54, 1.807) is 4.68 Å². The summed E-state index contributed by atoms with van der Waals surface area (Å²) in [6.45, 7) is 4.76. The maximum atomic E-state index is 11.1. The molecule has 1 aliphatic carbocycles. The molecule has 0 amide bonds. The molecule has 0 radical (unpaired) electrons. The summed E-state index contributed by atoms with van der Waals surface area (Å²) in [6, 6.07) is 0. The molecule has 1 aromatic heterocycles. The van der Waals surface area contributed by atoms with Crippen LogP contribution in [0.4, 0.5) is 0 Å². The van der Waals surface area contributed by atoms with Crippen molar-refractivity contribution < 1.29 is 9.90 Å². The monoisotopic (exact) mass is 242 g/mol. The normalized spacial score (nSPS) is 15.8. The third-order valence-corrected chi connectivity index (χ3v) is 3.02. The Balaban J connectivity index is 2.40. The number of aromatic nitrogens is 2. The molecule has 88 valence electrons. The third-order valence-electron chi connectivity index (χ3n) is 2.63. The predicted molar refractivity (Wildman–Crippen MR) is 61.0 cm³/mol. The van der Waals surface area contributed by atoms with Gasteiger partial charge in [-0.15, -0.1) is 0 Å². The lowest BCUT2D eigenvalue weighted by Crippen LogP contribution is -2.06. The van der Waals surface area contributed by atoms with Crippen LogP contribution in [0, 0.1) is 5.92 Å². The van der Waals surface area contributed by atoms with Crippen LogP contribution >= 0.6 is 11.6 Å².